The van der Waals surface area contributed by atoms with E-state index in [1.165, 1.54) is 32.1 Å². The minimum absolute atomic E-state index is 0. The molecule has 0 saturated heterocycles. The molecule has 162 valence electrons. The lowest BCUT2D eigenvalue weighted by atomic mass is 10.0. The summed E-state index contributed by atoms with van der Waals surface area (Å²) in [6.45, 7) is 16.4. The Balaban J connectivity index is -0.0000000521. The van der Waals surface area contributed by atoms with Crippen molar-refractivity contribution < 1.29 is 9.47 Å². The summed E-state index contributed by atoms with van der Waals surface area (Å²) in [7, 11) is 3.53. The van der Waals surface area contributed by atoms with Crippen LogP contribution in [0.1, 0.15) is 116 Å². The molecular weight excluding hydrogens is 308 g/mol. The fourth-order valence-corrected chi connectivity index (χ4v) is 1.89. The van der Waals surface area contributed by atoms with E-state index < -0.39 is 0 Å². The average Bonchev–Trinajstić information content (AvgIpc) is 2.58. The molecule has 0 N–H and O–H groups in total. The third-order valence-electron chi connectivity index (χ3n) is 4.52. The van der Waals surface area contributed by atoms with Crippen molar-refractivity contribution in [1.29, 1.82) is 0 Å². The number of hydrogen-bond acceptors (Lipinski definition) is 2. The monoisotopic (exact) mass is 366 g/mol. The van der Waals surface area contributed by atoms with Crippen LogP contribution in [-0.4, -0.2) is 26.9 Å². The molecule has 0 atom stereocenters. The molecule has 0 aromatic rings. The van der Waals surface area contributed by atoms with E-state index in [1.807, 2.05) is 0 Å². The lowest BCUT2D eigenvalue weighted by Crippen LogP contribution is -2.05. The first-order chi connectivity index (χ1) is 10.5. The van der Waals surface area contributed by atoms with Crippen LogP contribution in [0.3, 0.4) is 0 Å². The van der Waals surface area contributed by atoms with E-state index in [-0.39, 0.29) is 22.3 Å². The van der Waals surface area contributed by atoms with E-state index in [9.17, 15) is 0 Å². The van der Waals surface area contributed by atoms with Crippen LogP contribution in [0, 0.1) is 11.8 Å². The van der Waals surface area contributed by atoms with Crippen molar-refractivity contribution >= 4 is 0 Å². The smallest absolute Gasteiger partial charge is 0.0566 e. The molecule has 0 heterocycles. The summed E-state index contributed by atoms with van der Waals surface area (Å²) in [5, 5.41) is 0. The molecule has 0 radical (unpaired) electrons. The van der Waals surface area contributed by atoms with Crippen LogP contribution in [0.15, 0.2) is 0 Å². The summed E-state index contributed by atoms with van der Waals surface area (Å²) in [5.41, 5.74) is 0. The van der Waals surface area contributed by atoms with Crippen molar-refractivity contribution in [2.45, 2.75) is 122 Å². The molecule has 2 heteroatoms. The molecule has 0 unspecified atom stereocenters. The molecule has 0 amide bonds. The Kier molecular flexibility index (Phi) is 55.9. The molecule has 25 heavy (non-hydrogen) atoms. The van der Waals surface area contributed by atoms with Crippen molar-refractivity contribution in [3.8, 4) is 0 Å². The fourth-order valence-electron chi connectivity index (χ4n) is 1.89. The van der Waals surface area contributed by atoms with Crippen LogP contribution in [0.25, 0.3) is 0 Å². The molecule has 0 spiro atoms. The van der Waals surface area contributed by atoms with Crippen LogP contribution in [0.4, 0.5) is 0 Å². The number of methoxy groups -OCH3 is 2. The first-order valence-corrected chi connectivity index (χ1v) is 9.52. The minimum atomic E-state index is 0. The highest BCUT2D eigenvalue weighted by Gasteiger charge is 2.00. The molecule has 0 aromatic heterocycles. The molecule has 0 aliphatic heterocycles. The summed E-state index contributed by atoms with van der Waals surface area (Å²) < 4.78 is 10.0. The van der Waals surface area contributed by atoms with Crippen molar-refractivity contribution in [1.82, 2.24) is 0 Å². The van der Waals surface area contributed by atoms with E-state index in [1.54, 1.807) is 14.2 Å². The van der Waals surface area contributed by atoms with Gasteiger partial charge in [0.15, 0.2) is 0 Å². The quantitative estimate of drug-likeness (QED) is 0.385. The van der Waals surface area contributed by atoms with Gasteiger partial charge in [0.2, 0.25) is 0 Å². The second kappa shape index (κ2) is 35.1. The number of rotatable bonds is 10. The van der Waals surface area contributed by atoms with Crippen LogP contribution < -0.4 is 0 Å². The molecule has 0 aliphatic carbocycles. The molecule has 0 saturated carbocycles. The van der Waals surface area contributed by atoms with Crippen LogP contribution in [0.5, 0.6) is 0 Å². The largest absolute Gasteiger partial charge is 0.385 e. The fraction of sp³-hybridized carbons (Fsp3) is 1.00. The van der Waals surface area contributed by atoms with E-state index in [2.05, 4.69) is 48.5 Å². The van der Waals surface area contributed by atoms with Gasteiger partial charge in [-0.1, -0.05) is 96.4 Å². The Labute approximate surface area is 164 Å². The Morgan fingerprint density at radius 2 is 1.04 bits per heavy atom. The van der Waals surface area contributed by atoms with E-state index in [0.717, 1.165) is 31.3 Å². The first-order valence-electron chi connectivity index (χ1n) is 9.52. The van der Waals surface area contributed by atoms with Gasteiger partial charge < -0.3 is 9.47 Å². The predicted octanol–water partition coefficient (Wildman–Crippen LogP) is 8.63. The number of hydrogen-bond donors (Lipinski definition) is 0. The lowest BCUT2D eigenvalue weighted by molar-refractivity contribution is 0.0964. The Morgan fingerprint density at radius 3 is 1.16 bits per heavy atom. The SMILES string of the molecule is C.C.C.CCC(C)CC.CCC(CC)CCOC.CCC(CC)OC. The van der Waals surface area contributed by atoms with Crippen molar-refractivity contribution in [2.75, 3.05) is 20.8 Å². The zero-order valence-corrected chi connectivity index (χ0v) is 17.2. The maximum Gasteiger partial charge on any atom is 0.0566 e. The van der Waals surface area contributed by atoms with Gasteiger partial charge in [-0.05, 0) is 31.1 Å². The lowest BCUT2D eigenvalue weighted by Gasteiger charge is -2.09. The maximum absolute atomic E-state index is 5.05. The van der Waals surface area contributed by atoms with Crippen LogP contribution in [0.2, 0.25) is 0 Å². The van der Waals surface area contributed by atoms with Gasteiger partial charge in [0.05, 0.1) is 6.10 Å². The summed E-state index contributed by atoms with van der Waals surface area (Å²) in [5.74, 6) is 1.81. The van der Waals surface area contributed by atoms with Gasteiger partial charge in [0, 0.05) is 20.8 Å². The van der Waals surface area contributed by atoms with Gasteiger partial charge in [0.1, 0.15) is 0 Å². The Morgan fingerprint density at radius 1 is 0.640 bits per heavy atom. The third-order valence-corrected chi connectivity index (χ3v) is 4.52. The van der Waals surface area contributed by atoms with Gasteiger partial charge in [-0.2, -0.15) is 0 Å². The average molecular weight is 367 g/mol. The second-order valence-corrected chi connectivity index (χ2v) is 6.06. The van der Waals surface area contributed by atoms with Crippen LogP contribution >= 0.6 is 0 Å². The van der Waals surface area contributed by atoms with E-state index in [0.29, 0.717) is 6.10 Å². The normalized spacial score (nSPS) is 9.12. The van der Waals surface area contributed by atoms with Gasteiger partial charge in [-0.15, -0.1) is 0 Å². The zero-order valence-electron chi connectivity index (χ0n) is 17.2. The van der Waals surface area contributed by atoms with Crippen molar-refractivity contribution in [2.24, 2.45) is 11.8 Å². The van der Waals surface area contributed by atoms with Gasteiger partial charge in [0.25, 0.3) is 0 Å². The van der Waals surface area contributed by atoms with Gasteiger partial charge in [-0.25, -0.2) is 0 Å². The molecule has 0 aromatic carbocycles. The van der Waals surface area contributed by atoms with Crippen molar-refractivity contribution in [3.05, 3.63) is 0 Å². The zero-order chi connectivity index (χ0) is 17.8. The molecule has 0 bridgehead atoms. The molecule has 0 rings (SSSR count). The highest BCUT2D eigenvalue weighted by atomic mass is 16.5. The van der Waals surface area contributed by atoms with Gasteiger partial charge in [-0.3, -0.25) is 0 Å². The predicted molar refractivity (Wildman–Crippen MR) is 122 cm³/mol. The highest BCUT2D eigenvalue weighted by Crippen LogP contribution is 2.11. The second-order valence-electron chi connectivity index (χ2n) is 6.06. The van der Waals surface area contributed by atoms with Crippen molar-refractivity contribution in [3.63, 3.8) is 0 Å². The molecule has 0 aliphatic rings. The highest BCUT2D eigenvalue weighted by molar-refractivity contribution is 4.52. The first kappa shape index (κ1) is 39.8. The Bertz CT molecular complexity index is 154. The maximum atomic E-state index is 5.05. The minimum Gasteiger partial charge on any atom is -0.385 e. The summed E-state index contributed by atoms with van der Waals surface area (Å²) >= 11 is 0. The van der Waals surface area contributed by atoms with Gasteiger partial charge >= 0.3 is 0 Å². The molecular formula is C23H58O2. The summed E-state index contributed by atoms with van der Waals surface area (Å²) in [6.07, 6.45) is 9.22. The standard InChI is InChI=1S/C8H18O.C6H14O.C6H14.3CH4/c1-4-8(5-2)6-7-9-3;1-4-6(5-2)7-3;1-4-6(3)5-2;;;/h8H,4-7H2,1-3H3;6H,4-5H2,1-3H3;6H,4-5H2,1-3H3;3*1H4. The Hall–Kier alpha value is -0.0800. The summed E-state index contributed by atoms with van der Waals surface area (Å²) in [6, 6.07) is 0. The van der Waals surface area contributed by atoms with E-state index >= 15 is 0 Å². The number of ether oxygens (including phenoxy) is 2. The van der Waals surface area contributed by atoms with E-state index in [4.69, 9.17) is 9.47 Å². The summed E-state index contributed by atoms with van der Waals surface area (Å²) in [4.78, 5) is 0. The molecule has 0 fully saturated rings. The third kappa shape index (κ3) is 35.8. The van der Waals surface area contributed by atoms with Crippen LogP contribution in [-0.2, 0) is 9.47 Å². The molecule has 2 nitrogen and oxygen atoms in total. The topological polar surface area (TPSA) is 18.5 Å².